The first-order valence-corrected chi connectivity index (χ1v) is 13.6. The normalized spacial score (nSPS) is 18.2. The minimum Gasteiger partial charge on any atom is -0.452 e. The second-order valence-electron chi connectivity index (χ2n) is 7.05. The van der Waals surface area contributed by atoms with Crippen molar-refractivity contribution < 1.29 is 31.2 Å². The predicted molar refractivity (Wildman–Crippen MR) is 116 cm³/mol. The van der Waals surface area contributed by atoms with Gasteiger partial charge in [0.1, 0.15) is 4.90 Å². The van der Waals surface area contributed by atoms with Crippen molar-refractivity contribution in [2.24, 2.45) is 0 Å². The summed E-state index contributed by atoms with van der Waals surface area (Å²) in [6, 6.07) is 3.29. The van der Waals surface area contributed by atoms with Gasteiger partial charge < -0.3 is 9.64 Å². The molecule has 0 spiro atoms. The Kier molecular flexibility index (Phi) is 8.48. The largest absolute Gasteiger partial charge is 0.452 e. The first kappa shape index (κ1) is 25.6. The number of nitrogens with zero attached hydrogens (tertiary/aromatic N) is 2. The van der Waals surface area contributed by atoms with E-state index in [4.69, 9.17) is 16.3 Å². The number of halogens is 1. The molecular formula is C19H27ClN2O7S2. The average molecular weight is 495 g/mol. The Morgan fingerprint density at radius 2 is 1.81 bits per heavy atom. The summed E-state index contributed by atoms with van der Waals surface area (Å²) in [5.41, 5.74) is -0.0607. The Labute approximate surface area is 188 Å². The summed E-state index contributed by atoms with van der Waals surface area (Å²) in [5.74, 6) is -1.47. The van der Waals surface area contributed by atoms with Crippen LogP contribution < -0.4 is 0 Å². The fraction of sp³-hybridized carbons (Fsp3) is 0.579. The van der Waals surface area contributed by atoms with Crippen LogP contribution >= 0.6 is 11.6 Å². The molecule has 2 rings (SSSR count). The highest BCUT2D eigenvalue weighted by Gasteiger charge is 2.34. The lowest BCUT2D eigenvalue weighted by Gasteiger charge is -2.26. The molecule has 31 heavy (non-hydrogen) atoms. The van der Waals surface area contributed by atoms with Crippen molar-refractivity contribution >= 4 is 43.3 Å². The lowest BCUT2D eigenvalue weighted by molar-refractivity contribution is -0.136. The topological polar surface area (TPSA) is 118 Å². The quantitative estimate of drug-likeness (QED) is 0.478. The Morgan fingerprint density at radius 3 is 2.32 bits per heavy atom. The second kappa shape index (κ2) is 10.3. The fourth-order valence-electron chi connectivity index (χ4n) is 3.48. The fourth-order valence-corrected chi connectivity index (χ4v) is 7.17. The third-order valence-corrected chi connectivity index (χ3v) is 9.41. The molecule has 1 atom stereocenters. The Hall–Kier alpha value is -1.69. The van der Waals surface area contributed by atoms with Crippen LogP contribution in [-0.4, -0.2) is 81.7 Å². The highest BCUT2D eigenvalue weighted by Crippen LogP contribution is 2.26. The molecule has 1 aromatic rings. The van der Waals surface area contributed by atoms with Crippen molar-refractivity contribution in [2.45, 2.75) is 38.1 Å². The van der Waals surface area contributed by atoms with Crippen molar-refractivity contribution in [1.82, 2.24) is 9.21 Å². The highest BCUT2D eigenvalue weighted by atomic mass is 35.5. The van der Waals surface area contributed by atoms with Gasteiger partial charge >= 0.3 is 5.97 Å². The summed E-state index contributed by atoms with van der Waals surface area (Å²) in [4.78, 5) is 26.1. The first-order valence-electron chi connectivity index (χ1n) is 9.93. The maximum atomic E-state index is 12.8. The molecule has 0 aliphatic carbocycles. The molecule has 1 saturated heterocycles. The summed E-state index contributed by atoms with van der Waals surface area (Å²) in [6.45, 7) is 5.27. The zero-order valence-electron chi connectivity index (χ0n) is 17.7. The average Bonchev–Trinajstić information content (AvgIpc) is 3.06. The number of esters is 1. The van der Waals surface area contributed by atoms with Crippen molar-refractivity contribution in [3.8, 4) is 0 Å². The van der Waals surface area contributed by atoms with Crippen molar-refractivity contribution in [2.75, 3.05) is 37.7 Å². The number of rotatable bonds is 9. The van der Waals surface area contributed by atoms with Gasteiger partial charge in [0.05, 0.1) is 22.1 Å². The molecule has 1 heterocycles. The van der Waals surface area contributed by atoms with Crippen LogP contribution in [0.15, 0.2) is 23.1 Å². The van der Waals surface area contributed by atoms with Gasteiger partial charge in [-0.1, -0.05) is 25.4 Å². The van der Waals surface area contributed by atoms with Crippen LogP contribution in [0.2, 0.25) is 5.02 Å². The van der Waals surface area contributed by atoms with Crippen molar-refractivity contribution in [3.05, 3.63) is 28.8 Å². The van der Waals surface area contributed by atoms with E-state index in [0.29, 0.717) is 6.42 Å². The van der Waals surface area contributed by atoms with E-state index in [2.05, 4.69) is 0 Å². The van der Waals surface area contributed by atoms with Crippen LogP contribution in [0.3, 0.4) is 0 Å². The van der Waals surface area contributed by atoms with E-state index in [1.807, 2.05) is 0 Å². The standard InChI is InChI=1S/C19H27ClN2O7S2/c1-4-21(5-2)31(27,28)17-11-14(7-8-16(17)20)19(24)29-12-18(23)22(6-3)15-9-10-30(25,26)13-15/h7-8,11,15H,4-6,9-10,12-13H2,1-3H3. The molecule has 1 fully saturated rings. The van der Waals surface area contributed by atoms with Gasteiger partial charge in [0.25, 0.3) is 5.91 Å². The van der Waals surface area contributed by atoms with Gasteiger partial charge in [0, 0.05) is 25.7 Å². The summed E-state index contributed by atoms with van der Waals surface area (Å²) < 4.78 is 55.2. The molecule has 12 heteroatoms. The molecule has 1 aromatic carbocycles. The summed E-state index contributed by atoms with van der Waals surface area (Å²) in [5, 5.41) is -0.0286. The third kappa shape index (κ3) is 5.97. The molecule has 1 amide bonds. The van der Waals surface area contributed by atoms with Gasteiger partial charge in [0.15, 0.2) is 16.4 Å². The number of benzene rings is 1. The van der Waals surface area contributed by atoms with Gasteiger partial charge in [-0.3, -0.25) is 4.79 Å². The number of ether oxygens (including phenoxy) is 1. The minimum atomic E-state index is -3.90. The third-order valence-electron chi connectivity index (χ3n) is 5.13. The van der Waals surface area contributed by atoms with E-state index < -0.39 is 44.4 Å². The maximum absolute atomic E-state index is 12.8. The molecular weight excluding hydrogens is 468 g/mol. The number of hydrogen-bond donors (Lipinski definition) is 0. The van der Waals surface area contributed by atoms with E-state index in [-0.39, 0.29) is 46.6 Å². The van der Waals surface area contributed by atoms with Gasteiger partial charge in [-0.25, -0.2) is 21.6 Å². The van der Waals surface area contributed by atoms with Crippen LogP contribution in [-0.2, 0) is 29.4 Å². The number of hydrogen-bond acceptors (Lipinski definition) is 7. The highest BCUT2D eigenvalue weighted by molar-refractivity contribution is 7.91. The molecule has 1 aliphatic rings. The zero-order chi connectivity index (χ0) is 23.4. The number of carbonyl (C=O) groups excluding carboxylic acids is 2. The molecule has 0 saturated carbocycles. The van der Waals surface area contributed by atoms with Crippen LogP contribution in [0, 0.1) is 0 Å². The SMILES string of the molecule is CCN(C(=O)COC(=O)c1ccc(Cl)c(S(=O)(=O)N(CC)CC)c1)C1CCS(=O)(=O)C1. The zero-order valence-corrected chi connectivity index (χ0v) is 20.1. The van der Waals surface area contributed by atoms with Crippen molar-refractivity contribution in [1.29, 1.82) is 0 Å². The first-order chi connectivity index (χ1) is 14.5. The van der Waals surface area contributed by atoms with Crippen LogP contribution in [0.1, 0.15) is 37.6 Å². The maximum Gasteiger partial charge on any atom is 0.338 e. The number of amides is 1. The van der Waals surface area contributed by atoms with Gasteiger partial charge in [-0.15, -0.1) is 0 Å². The number of sulfone groups is 1. The molecule has 174 valence electrons. The number of carbonyl (C=O) groups is 2. The molecule has 1 unspecified atom stereocenters. The van der Waals surface area contributed by atoms with E-state index in [0.717, 1.165) is 6.07 Å². The predicted octanol–water partition coefficient (Wildman–Crippen LogP) is 1.56. The smallest absolute Gasteiger partial charge is 0.338 e. The Balaban J connectivity index is 2.13. The van der Waals surface area contributed by atoms with Crippen molar-refractivity contribution in [3.63, 3.8) is 0 Å². The number of likely N-dealkylation sites (N-methyl/N-ethyl adjacent to an activating group) is 1. The number of sulfonamides is 1. The van der Waals surface area contributed by atoms with E-state index in [9.17, 15) is 26.4 Å². The Bertz CT molecular complexity index is 1040. The molecule has 0 radical (unpaired) electrons. The van der Waals surface area contributed by atoms with Gasteiger partial charge in [-0.05, 0) is 31.5 Å². The van der Waals surface area contributed by atoms with Gasteiger partial charge in [0.2, 0.25) is 10.0 Å². The second-order valence-corrected chi connectivity index (χ2v) is 11.6. The van der Waals surface area contributed by atoms with E-state index in [1.54, 1.807) is 20.8 Å². The Morgan fingerprint density at radius 1 is 1.16 bits per heavy atom. The monoisotopic (exact) mass is 494 g/mol. The lowest BCUT2D eigenvalue weighted by Crippen LogP contribution is -2.43. The summed E-state index contributed by atoms with van der Waals surface area (Å²) in [7, 11) is -7.06. The minimum absolute atomic E-state index is 0.0236. The van der Waals surface area contributed by atoms with Crippen LogP contribution in [0.5, 0.6) is 0 Å². The molecule has 1 aliphatic heterocycles. The summed E-state index contributed by atoms with van der Waals surface area (Å²) in [6.07, 6.45) is 0.347. The molecule has 0 N–H and O–H groups in total. The van der Waals surface area contributed by atoms with Gasteiger partial charge in [-0.2, -0.15) is 4.31 Å². The molecule has 9 nitrogen and oxygen atoms in total. The van der Waals surface area contributed by atoms with E-state index in [1.165, 1.54) is 21.3 Å². The van der Waals surface area contributed by atoms with Crippen LogP contribution in [0.25, 0.3) is 0 Å². The lowest BCUT2D eigenvalue weighted by atomic mass is 10.2. The summed E-state index contributed by atoms with van der Waals surface area (Å²) >= 11 is 6.06. The van der Waals surface area contributed by atoms with Crippen LogP contribution in [0.4, 0.5) is 0 Å². The molecule has 0 aromatic heterocycles. The molecule has 0 bridgehead atoms. The van der Waals surface area contributed by atoms with E-state index >= 15 is 0 Å².